The maximum absolute atomic E-state index is 5.94. The van der Waals surface area contributed by atoms with Crippen molar-refractivity contribution in [2.24, 2.45) is 0 Å². The monoisotopic (exact) mass is 378 g/mol. The molecule has 0 saturated carbocycles. The van der Waals surface area contributed by atoms with Crippen LogP contribution in [0.5, 0.6) is 0 Å². The molecule has 0 fully saturated rings. The Labute approximate surface area is 167 Å². The Hall–Kier alpha value is -2.53. The van der Waals surface area contributed by atoms with Crippen LogP contribution >= 0.6 is 0 Å². The number of nitrogens with zero attached hydrogens (tertiary/aromatic N) is 3. The van der Waals surface area contributed by atoms with E-state index in [0.29, 0.717) is 24.9 Å². The maximum Gasteiger partial charge on any atom is 0.247 e. The van der Waals surface area contributed by atoms with Crippen molar-refractivity contribution in [2.75, 3.05) is 0 Å². The highest BCUT2D eigenvalue weighted by Crippen LogP contribution is 2.33. The molecule has 3 rings (SSSR count). The first kappa shape index (κ1) is 20.2. The summed E-state index contributed by atoms with van der Waals surface area (Å²) in [7, 11) is 0. The highest BCUT2D eigenvalue weighted by Gasteiger charge is 2.22. The predicted octanol–water partition coefficient (Wildman–Crippen LogP) is 5.02. The lowest BCUT2D eigenvalue weighted by Gasteiger charge is -2.25. The van der Waals surface area contributed by atoms with Gasteiger partial charge in [0.15, 0.2) is 0 Å². The summed E-state index contributed by atoms with van der Waals surface area (Å²) >= 11 is 0. The van der Waals surface area contributed by atoms with Crippen molar-refractivity contribution < 1.29 is 4.42 Å². The van der Waals surface area contributed by atoms with Gasteiger partial charge in [0.1, 0.15) is 0 Å². The lowest BCUT2D eigenvalue weighted by atomic mass is 9.79. The number of aromatic nitrogens is 3. The van der Waals surface area contributed by atoms with Gasteiger partial charge in [-0.3, -0.25) is 4.98 Å². The molecule has 0 bridgehead atoms. The van der Waals surface area contributed by atoms with E-state index in [-0.39, 0.29) is 10.8 Å². The maximum atomic E-state index is 5.94. The molecule has 0 aliphatic carbocycles. The summed E-state index contributed by atoms with van der Waals surface area (Å²) in [4.78, 5) is 4.12. The van der Waals surface area contributed by atoms with Crippen molar-refractivity contribution in [1.82, 2.24) is 20.5 Å². The number of hydrogen-bond acceptors (Lipinski definition) is 5. The van der Waals surface area contributed by atoms with Gasteiger partial charge in [-0.25, -0.2) is 0 Å². The van der Waals surface area contributed by atoms with Crippen LogP contribution in [0.15, 0.2) is 47.1 Å². The Bertz CT molecular complexity index is 886. The van der Waals surface area contributed by atoms with E-state index in [1.54, 1.807) is 6.20 Å². The van der Waals surface area contributed by atoms with Crippen molar-refractivity contribution in [3.05, 3.63) is 65.3 Å². The molecule has 0 radical (unpaired) electrons. The largest absolute Gasteiger partial charge is 0.419 e. The van der Waals surface area contributed by atoms with Crippen molar-refractivity contribution in [1.29, 1.82) is 0 Å². The summed E-state index contributed by atoms with van der Waals surface area (Å²) in [6.07, 6.45) is 3.61. The third-order valence-electron chi connectivity index (χ3n) is 4.71. The van der Waals surface area contributed by atoms with Crippen LogP contribution in [0.1, 0.15) is 64.1 Å². The normalized spacial score (nSPS) is 12.4. The van der Waals surface area contributed by atoms with Crippen molar-refractivity contribution in [3.8, 4) is 11.5 Å². The molecule has 0 aliphatic heterocycles. The van der Waals surface area contributed by atoms with E-state index < -0.39 is 0 Å². The molecule has 0 saturated heterocycles. The quantitative estimate of drug-likeness (QED) is 0.675. The van der Waals surface area contributed by atoms with Crippen LogP contribution in [-0.2, 0) is 23.9 Å². The summed E-state index contributed by atoms with van der Waals surface area (Å²) in [6.45, 7) is 14.6. The average molecular weight is 379 g/mol. The molecule has 5 heteroatoms. The number of benzene rings is 1. The molecule has 1 aromatic carbocycles. The molecule has 2 heterocycles. The van der Waals surface area contributed by atoms with E-state index >= 15 is 0 Å². The second kappa shape index (κ2) is 7.84. The van der Waals surface area contributed by atoms with Gasteiger partial charge in [-0.1, -0.05) is 53.7 Å². The minimum absolute atomic E-state index is 0.0458. The standard InChI is InChI=1S/C23H30N4O/c1-22(2,3)18-10-17(11-19(12-18)23(4,5)6)21-27-26-20(28-21)15-25-14-16-8-7-9-24-13-16/h7-13,25H,14-15H2,1-6H3. The molecule has 0 aliphatic rings. The second-order valence-corrected chi connectivity index (χ2v) is 9.26. The summed E-state index contributed by atoms with van der Waals surface area (Å²) in [5.74, 6) is 1.15. The lowest BCUT2D eigenvalue weighted by Crippen LogP contribution is -2.16. The van der Waals surface area contributed by atoms with Gasteiger partial charge in [0.05, 0.1) is 6.54 Å². The van der Waals surface area contributed by atoms with Gasteiger partial charge in [-0.15, -0.1) is 10.2 Å². The van der Waals surface area contributed by atoms with E-state index in [1.807, 2.05) is 18.3 Å². The number of rotatable bonds is 5. The third-order valence-corrected chi connectivity index (χ3v) is 4.71. The average Bonchev–Trinajstić information content (AvgIpc) is 3.10. The molecule has 0 amide bonds. The van der Waals surface area contributed by atoms with Crippen LogP contribution in [0.3, 0.4) is 0 Å². The third kappa shape index (κ3) is 5.04. The van der Waals surface area contributed by atoms with Gasteiger partial charge < -0.3 is 9.73 Å². The molecule has 148 valence electrons. The first-order chi connectivity index (χ1) is 13.1. The highest BCUT2D eigenvalue weighted by atomic mass is 16.4. The zero-order valence-corrected chi connectivity index (χ0v) is 17.7. The van der Waals surface area contributed by atoms with Gasteiger partial charge in [0.25, 0.3) is 0 Å². The summed E-state index contributed by atoms with van der Waals surface area (Å²) < 4.78 is 5.94. The van der Waals surface area contributed by atoms with Gasteiger partial charge >= 0.3 is 0 Å². The summed E-state index contributed by atoms with van der Waals surface area (Å²) in [5, 5.41) is 11.8. The predicted molar refractivity (Wildman–Crippen MR) is 112 cm³/mol. The highest BCUT2D eigenvalue weighted by molar-refractivity contribution is 5.57. The molecular weight excluding hydrogens is 348 g/mol. The molecule has 5 nitrogen and oxygen atoms in total. The SMILES string of the molecule is CC(C)(C)c1cc(-c2nnc(CNCc3cccnc3)o2)cc(C(C)(C)C)c1. The van der Waals surface area contributed by atoms with Crippen molar-refractivity contribution >= 4 is 0 Å². The van der Waals surface area contributed by atoms with E-state index in [0.717, 1.165) is 11.1 Å². The van der Waals surface area contributed by atoms with Crippen LogP contribution in [0.4, 0.5) is 0 Å². The lowest BCUT2D eigenvalue weighted by molar-refractivity contribution is 0.476. The Kier molecular flexibility index (Phi) is 5.66. The fourth-order valence-electron chi connectivity index (χ4n) is 2.88. The molecule has 1 N–H and O–H groups in total. The number of pyridine rings is 1. The Morgan fingerprint density at radius 2 is 1.57 bits per heavy atom. The fourth-order valence-corrected chi connectivity index (χ4v) is 2.88. The number of nitrogens with one attached hydrogen (secondary N) is 1. The molecule has 0 atom stereocenters. The van der Waals surface area contributed by atoms with Crippen molar-refractivity contribution in [3.63, 3.8) is 0 Å². The van der Waals surface area contributed by atoms with Gasteiger partial charge in [-0.05, 0) is 45.7 Å². The Morgan fingerprint density at radius 1 is 0.893 bits per heavy atom. The first-order valence-corrected chi connectivity index (χ1v) is 9.71. The second-order valence-electron chi connectivity index (χ2n) is 9.26. The summed E-state index contributed by atoms with van der Waals surface area (Å²) in [5.41, 5.74) is 4.72. The van der Waals surface area contributed by atoms with Gasteiger partial charge in [0, 0.05) is 24.5 Å². The van der Waals surface area contributed by atoms with Crippen LogP contribution in [0.25, 0.3) is 11.5 Å². The molecular formula is C23H30N4O. The van der Waals surface area contributed by atoms with Crippen LogP contribution < -0.4 is 5.32 Å². The van der Waals surface area contributed by atoms with E-state index in [4.69, 9.17) is 4.42 Å². The molecule has 0 spiro atoms. The van der Waals surface area contributed by atoms with Crippen LogP contribution in [0.2, 0.25) is 0 Å². The van der Waals surface area contributed by atoms with E-state index in [2.05, 4.69) is 80.2 Å². The molecule has 3 aromatic rings. The first-order valence-electron chi connectivity index (χ1n) is 9.71. The van der Waals surface area contributed by atoms with E-state index in [9.17, 15) is 0 Å². The topological polar surface area (TPSA) is 63.8 Å². The Balaban J connectivity index is 1.80. The zero-order valence-electron chi connectivity index (χ0n) is 17.7. The number of hydrogen-bond donors (Lipinski definition) is 1. The minimum Gasteiger partial charge on any atom is -0.419 e. The van der Waals surface area contributed by atoms with Crippen LogP contribution in [-0.4, -0.2) is 15.2 Å². The summed E-state index contributed by atoms with van der Waals surface area (Å²) in [6, 6.07) is 10.6. The minimum atomic E-state index is 0.0458. The Morgan fingerprint density at radius 3 is 2.14 bits per heavy atom. The molecule has 28 heavy (non-hydrogen) atoms. The van der Waals surface area contributed by atoms with Gasteiger partial charge in [0.2, 0.25) is 11.8 Å². The van der Waals surface area contributed by atoms with Crippen LogP contribution in [0, 0.1) is 0 Å². The smallest absolute Gasteiger partial charge is 0.247 e. The molecule has 2 aromatic heterocycles. The fraction of sp³-hybridized carbons (Fsp3) is 0.435. The van der Waals surface area contributed by atoms with E-state index in [1.165, 1.54) is 11.1 Å². The van der Waals surface area contributed by atoms with Gasteiger partial charge in [-0.2, -0.15) is 0 Å². The molecule has 0 unspecified atom stereocenters. The zero-order chi connectivity index (χ0) is 20.4. The van der Waals surface area contributed by atoms with Crippen molar-refractivity contribution in [2.45, 2.75) is 65.5 Å².